The Morgan fingerprint density at radius 3 is 3.00 bits per heavy atom. The Morgan fingerprint density at radius 2 is 2.35 bits per heavy atom. The molecule has 1 amide bonds. The van der Waals surface area contributed by atoms with E-state index in [0.717, 1.165) is 11.3 Å². The van der Waals surface area contributed by atoms with Crippen LogP contribution in [-0.4, -0.2) is 45.9 Å². The highest BCUT2D eigenvalue weighted by atomic mass is 16.5. The molecule has 20 heavy (non-hydrogen) atoms. The van der Waals surface area contributed by atoms with Crippen LogP contribution in [-0.2, 0) is 9.53 Å². The zero-order valence-electron chi connectivity index (χ0n) is 11.1. The van der Waals surface area contributed by atoms with Gasteiger partial charge in [-0.05, 0) is 41.1 Å². The smallest absolute Gasteiger partial charge is 0.250 e. The maximum absolute atomic E-state index is 11.6. The van der Waals surface area contributed by atoms with E-state index in [9.17, 15) is 4.79 Å². The van der Waals surface area contributed by atoms with Crippen molar-refractivity contribution in [1.82, 2.24) is 20.2 Å². The number of rotatable bonds is 6. The summed E-state index contributed by atoms with van der Waals surface area (Å²) in [4.78, 5) is 11.6. The summed E-state index contributed by atoms with van der Waals surface area (Å²) in [5, 5.41) is 13.7. The van der Waals surface area contributed by atoms with Crippen LogP contribution in [0.5, 0.6) is 0 Å². The number of hydrogen-bond acceptors (Lipinski definition) is 6. The van der Waals surface area contributed by atoms with Gasteiger partial charge in [0, 0.05) is 12.2 Å². The number of tetrazole rings is 1. The molecule has 1 aromatic heterocycles. The molecule has 8 heteroatoms. The Labute approximate surface area is 115 Å². The summed E-state index contributed by atoms with van der Waals surface area (Å²) < 4.78 is 6.62. The molecule has 0 spiro atoms. The maximum atomic E-state index is 11.6. The van der Waals surface area contributed by atoms with Crippen LogP contribution in [0.4, 0.5) is 5.69 Å². The molecule has 2 rings (SSSR count). The fourth-order valence-electron chi connectivity index (χ4n) is 1.71. The molecule has 0 aliphatic heterocycles. The Hall–Kier alpha value is -2.32. The van der Waals surface area contributed by atoms with Crippen molar-refractivity contribution in [2.75, 3.05) is 25.1 Å². The third-order valence-corrected chi connectivity index (χ3v) is 2.57. The van der Waals surface area contributed by atoms with Crippen LogP contribution in [0.3, 0.4) is 0 Å². The standard InChI is InChI=1S/C12H16N6O2/c1-9-6-10(15-12(19)7-20-5-4-13)2-3-11(9)18-8-14-16-17-18/h2-3,6,8H,4-5,7,13H2,1H3,(H,15,19). The molecule has 3 N–H and O–H groups in total. The summed E-state index contributed by atoms with van der Waals surface area (Å²) in [7, 11) is 0. The van der Waals surface area contributed by atoms with Gasteiger partial charge in [0.1, 0.15) is 12.9 Å². The second-order valence-corrected chi connectivity index (χ2v) is 4.15. The van der Waals surface area contributed by atoms with Crippen molar-refractivity contribution in [2.24, 2.45) is 5.73 Å². The number of ether oxygens (including phenoxy) is 1. The molecular weight excluding hydrogens is 260 g/mol. The molecule has 0 atom stereocenters. The van der Waals surface area contributed by atoms with Gasteiger partial charge in [0.2, 0.25) is 5.91 Å². The highest BCUT2D eigenvalue weighted by molar-refractivity contribution is 5.91. The molecule has 0 unspecified atom stereocenters. The van der Waals surface area contributed by atoms with Gasteiger partial charge in [0.25, 0.3) is 0 Å². The Balaban J connectivity index is 2.00. The summed E-state index contributed by atoms with van der Waals surface area (Å²) in [6, 6.07) is 5.46. The van der Waals surface area contributed by atoms with E-state index in [-0.39, 0.29) is 12.5 Å². The second-order valence-electron chi connectivity index (χ2n) is 4.15. The van der Waals surface area contributed by atoms with Crippen LogP contribution in [0, 0.1) is 6.92 Å². The second kappa shape index (κ2) is 6.73. The summed E-state index contributed by atoms with van der Waals surface area (Å²) >= 11 is 0. The lowest BCUT2D eigenvalue weighted by Crippen LogP contribution is -2.20. The first-order chi connectivity index (χ1) is 9.70. The molecule has 0 aliphatic carbocycles. The number of amides is 1. The van der Waals surface area contributed by atoms with Gasteiger partial charge in [0.05, 0.1) is 12.3 Å². The molecule has 0 saturated heterocycles. The number of nitrogens with two attached hydrogens (primary N) is 1. The topological polar surface area (TPSA) is 108 Å². The number of nitrogens with one attached hydrogen (secondary N) is 1. The predicted molar refractivity (Wildman–Crippen MR) is 72.4 cm³/mol. The van der Waals surface area contributed by atoms with E-state index >= 15 is 0 Å². The van der Waals surface area contributed by atoms with Crippen molar-refractivity contribution in [3.63, 3.8) is 0 Å². The van der Waals surface area contributed by atoms with Crippen LogP contribution < -0.4 is 11.1 Å². The molecule has 0 bridgehead atoms. The minimum absolute atomic E-state index is 0.00893. The summed E-state index contributed by atoms with van der Waals surface area (Å²) in [6.45, 7) is 2.67. The first-order valence-corrected chi connectivity index (χ1v) is 6.12. The highest BCUT2D eigenvalue weighted by Gasteiger charge is 2.06. The summed E-state index contributed by atoms with van der Waals surface area (Å²) in [5.41, 5.74) is 7.77. The van der Waals surface area contributed by atoms with E-state index < -0.39 is 0 Å². The van der Waals surface area contributed by atoms with Crippen LogP contribution in [0.1, 0.15) is 5.56 Å². The van der Waals surface area contributed by atoms with Crippen LogP contribution in [0.2, 0.25) is 0 Å². The number of carbonyl (C=O) groups is 1. The average Bonchev–Trinajstić information content (AvgIpc) is 2.93. The van der Waals surface area contributed by atoms with Gasteiger partial charge in [-0.25, -0.2) is 4.68 Å². The van der Waals surface area contributed by atoms with E-state index in [0.29, 0.717) is 18.8 Å². The van der Waals surface area contributed by atoms with Crippen molar-refractivity contribution >= 4 is 11.6 Å². The molecule has 8 nitrogen and oxygen atoms in total. The fraction of sp³-hybridized carbons (Fsp3) is 0.333. The lowest BCUT2D eigenvalue weighted by atomic mass is 10.2. The van der Waals surface area contributed by atoms with E-state index in [1.165, 1.54) is 6.33 Å². The van der Waals surface area contributed by atoms with Crippen LogP contribution in [0.25, 0.3) is 5.69 Å². The Morgan fingerprint density at radius 1 is 1.50 bits per heavy atom. The zero-order chi connectivity index (χ0) is 14.4. The number of benzene rings is 1. The normalized spacial score (nSPS) is 10.5. The minimum atomic E-state index is -0.215. The maximum Gasteiger partial charge on any atom is 0.250 e. The van der Waals surface area contributed by atoms with Gasteiger partial charge in [0.15, 0.2) is 0 Å². The van der Waals surface area contributed by atoms with Gasteiger partial charge in [-0.1, -0.05) is 0 Å². The van der Waals surface area contributed by atoms with Gasteiger partial charge >= 0.3 is 0 Å². The van der Waals surface area contributed by atoms with Gasteiger partial charge in [-0.15, -0.1) is 5.10 Å². The molecule has 1 heterocycles. The third kappa shape index (κ3) is 3.59. The number of hydrogen-bond donors (Lipinski definition) is 2. The molecule has 0 radical (unpaired) electrons. The predicted octanol–water partition coefficient (Wildman–Crippen LogP) is -0.115. The van der Waals surface area contributed by atoms with Gasteiger partial charge < -0.3 is 15.8 Å². The lowest BCUT2D eigenvalue weighted by Gasteiger charge is -2.09. The molecule has 0 aliphatic rings. The van der Waals surface area contributed by atoms with Crippen molar-refractivity contribution in [2.45, 2.75) is 6.92 Å². The molecule has 0 fully saturated rings. The van der Waals surface area contributed by atoms with Gasteiger partial charge in [-0.3, -0.25) is 4.79 Å². The van der Waals surface area contributed by atoms with E-state index in [4.69, 9.17) is 10.5 Å². The lowest BCUT2D eigenvalue weighted by molar-refractivity contribution is -0.120. The molecule has 2 aromatic rings. The van der Waals surface area contributed by atoms with E-state index in [1.54, 1.807) is 10.7 Å². The van der Waals surface area contributed by atoms with Crippen molar-refractivity contribution in [3.8, 4) is 5.69 Å². The quantitative estimate of drug-likeness (QED) is 0.712. The molecule has 0 saturated carbocycles. The molecule has 1 aromatic carbocycles. The monoisotopic (exact) mass is 276 g/mol. The van der Waals surface area contributed by atoms with Crippen molar-refractivity contribution < 1.29 is 9.53 Å². The van der Waals surface area contributed by atoms with E-state index in [1.807, 2.05) is 19.1 Å². The van der Waals surface area contributed by atoms with Crippen molar-refractivity contribution in [1.29, 1.82) is 0 Å². The number of anilines is 1. The number of aryl methyl sites for hydroxylation is 1. The minimum Gasteiger partial charge on any atom is -0.370 e. The number of aromatic nitrogens is 4. The van der Waals surface area contributed by atoms with E-state index in [2.05, 4.69) is 20.8 Å². The highest BCUT2D eigenvalue weighted by Crippen LogP contribution is 2.17. The third-order valence-electron chi connectivity index (χ3n) is 2.57. The number of carbonyl (C=O) groups excluding carboxylic acids is 1. The first-order valence-electron chi connectivity index (χ1n) is 6.12. The SMILES string of the molecule is Cc1cc(NC(=O)COCCN)ccc1-n1cnnn1. The largest absolute Gasteiger partial charge is 0.370 e. The zero-order valence-corrected chi connectivity index (χ0v) is 11.1. The Kier molecular flexibility index (Phi) is 4.75. The number of nitrogens with zero attached hydrogens (tertiary/aromatic N) is 4. The van der Waals surface area contributed by atoms with Gasteiger partial charge in [-0.2, -0.15) is 0 Å². The first kappa shape index (κ1) is 14.1. The fourth-order valence-corrected chi connectivity index (χ4v) is 1.71. The molecular formula is C12H16N6O2. The van der Waals surface area contributed by atoms with Crippen molar-refractivity contribution in [3.05, 3.63) is 30.1 Å². The average molecular weight is 276 g/mol. The summed E-state index contributed by atoms with van der Waals surface area (Å²) in [5.74, 6) is -0.215. The van der Waals surface area contributed by atoms with Crippen LogP contribution in [0.15, 0.2) is 24.5 Å². The molecule has 106 valence electrons. The Bertz CT molecular complexity index is 569. The van der Waals surface area contributed by atoms with Crippen LogP contribution >= 0.6 is 0 Å². The summed E-state index contributed by atoms with van der Waals surface area (Å²) in [6.07, 6.45) is 1.52.